The molecule has 0 aliphatic rings. The summed E-state index contributed by atoms with van der Waals surface area (Å²) < 4.78 is 2.36. The SMILES string of the molecule is CCN(Cc1ccccc1N)C(=O)c1cc2sccc2s1. The summed E-state index contributed by atoms with van der Waals surface area (Å²) in [6.45, 7) is 3.21. The second-order valence-corrected chi connectivity index (χ2v) is 6.81. The molecule has 3 aromatic rings. The van der Waals surface area contributed by atoms with E-state index in [0.29, 0.717) is 13.1 Å². The summed E-state index contributed by atoms with van der Waals surface area (Å²) in [6, 6.07) is 11.7. The normalized spacial score (nSPS) is 10.9. The van der Waals surface area contributed by atoms with Crippen LogP contribution in [0.5, 0.6) is 0 Å². The van der Waals surface area contributed by atoms with E-state index in [1.165, 1.54) is 9.40 Å². The van der Waals surface area contributed by atoms with Crippen molar-refractivity contribution in [2.45, 2.75) is 13.5 Å². The summed E-state index contributed by atoms with van der Waals surface area (Å²) in [4.78, 5) is 15.3. The van der Waals surface area contributed by atoms with E-state index in [-0.39, 0.29) is 5.91 Å². The van der Waals surface area contributed by atoms with Gasteiger partial charge in [-0.2, -0.15) is 0 Å². The fraction of sp³-hybridized carbons (Fsp3) is 0.188. The molecule has 0 atom stereocenters. The minimum absolute atomic E-state index is 0.0779. The molecule has 0 radical (unpaired) electrons. The summed E-state index contributed by atoms with van der Waals surface area (Å²) in [7, 11) is 0. The van der Waals surface area contributed by atoms with Crippen LogP contribution in [0, 0.1) is 0 Å². The van der Waals surface area contributed by atoms with E-state index in [2.05, 4.69) is 11.4 Å². The summed E-state index contributed by atoms with van der Waals surface area (Å²) in [5, 5.41) is 2.05. The smallest absolute Gasteiger partial charge is 0.264 e. The molecule has 3 nitrogen and oxygen atoms in total. The number of carbonyl (C=O) groups excluding carboxylic acids is 1. The molecule has 0 fully saturated rings. The Morgan fingerprint density at radius 3 is 2.76 bits per heavy atom. The molecule has 1 amide bonds. The van der Waals surface area contributed by atoms with Gasteiger partial charge in [-0.1, -0.05) is 18.2 Å². The number of para-hydroxylation sites is 1. The van der Waals surface area contributed by atoms with Gasteiger partial charge in [0.2, 0.25) is 0 Å². The minimum Gasteiger partial charge on any atom is -0.398 e. The summed E-state index contributed by atoms with van der Waals surface area (Å²) in [6.07, 6.45) is 0. The van der Waals surface area contributed by atoms with Gasteiger partial charge in [0.15, 0.2) is 0 Å². The Labute approximate surface area is 131 Å². The maximum absolute atomic E-state index is 12.7. The number of nitrogen functional groups attached to an aromatic ring is 1. The largest absolute Gasteiger partial charge is 0.398 e. The van der Waals surface area contributed by atoms with Crippen molar-refractivity contribution in [1.82, 2.24) is 4.90 Å². The standard InChI is InChI=1S/C16H16N2OS2/c1-2-18(10-11-5-3-4-6-12(11)17)16(19)15-9-14-13(21-15)7-8-20-14/h3-9H,2,10,17H2,1H3. The van der Waals surface area contributed by atoms with Crippen molar-refractivity contribution in [3.8, 4) is 0 Å². The summed E-state index contributed by atoms with van der Waals surface area (Å²) in [5.41, 5.74) is 7.70. The first-order valence-electron chi connectivity index (χ1n) is 6.78. The number of thiophene rings is 2. The quantitative estimate of drug-likeness (QED) is 0.733. The first-order valence-corrected chi connectivity index (χ1v) is 8.48. The van der Waals surface area contributed by atoms with Crippen molar-refractivity contribution >= 4 is 43.7 Å². The highest BCUT2D eigenvalue weighted by Gasteiger charge is 2.18. The maximum Gasteiger partial charge on any atom is 0.264 e. The number of nitrogens with zero attached hydrogens (tertiary/aromatic N) is 1. The van der Waals surface area contributed by atoms with Crippen molar-refractivity contribution in [3.63, 3.8) is 0 Å². The molecule has 0 saturated carbocycles. The Morgan fingerprint density at radius 2 is 2.05 bits per heavy atom. The van der Waals surface area contributed by atoms with Crippen LogP contribution in [0.2, 0.25) is 0 Å². The van der Waals surface area contributed by atoms with E-state index in [1.54, 1.807) is 22.7 Å². The molecule has 0 spiro atoms. The Bertz CT molecular complexity index is 747. The van der Waals surface area contributed by atoms with Crippen LogP contribution in [0.25, 0.3) is 9.40 Å². The molecular formula is C16H16N2OS2. The minimum atomic E-state index is 0.0779. The molecule has 0 saturated heterocycles. The lowest BCUT2D eigenvalue weighted by Crippen LogP contribution is -2.30. The van der Waals surface area contributed by atoms with Gasteiger partial charge in [-0.15, -0.1) is 22.7 Å². The Kier molecular flexibility index (Phi) is 3.94. The Balaban J connectivity index is 1.84. The topological polar surface area (TPSA) is 46.3 Å². The molecule has 108 valence electrons. The van der Waals surface area contributed by atoms with Crippen LogP contribution in [-0.4, -0.2) is 17.4 Å². The van der Waals surface area contributed by atoms with Crippen molar-refractivity contribution < 1.29 is 4.79 Å². The van der Waals surface area contributed by atoms with Gasteiger partial charge in [0.25, 0.3) is 5.91 Å². The van der Waals surface area contributed by atoms with E-state index in [9.17, 15) is 4.79 Å². The monoisotopic (exact) mass is 316 g/mol. The fourth-order valence-corrected chi connectivity index (χ4v) is 4.31. The molecule has 1 aromatic carbocycles. The third-order valence-corrected chi connectivity index (χ3v) is 5.52. The van der Waals surface area contributed by atoms with Gasteiger partial charge in [0, 0.05) is 28.2 Å². The van der Waals surface area contributed by atoms with Gasteiger partial charge in [-0.05, 0) is 36.1 Å². The highest BCUT2D eigenvalue weighted by atomic mass is 32.1. The number of hydrogen-bond donors (Lipinski definition) is 1. The Morgan fingerprint density at radius 1 is 1.24 bits per heavy atom. The predicted octanol–water partition coefficient (Wildman–Crippen LogP) is 4.21. The van der Waals surface area contributed by atoms with Crippen molar-refractivity contribution in [2.24, 2.45) is 0 Å². The highest BCUT2D eigenvalue weighted by Crippen LogP contribution is 2.31. The van der Waals surface area contributed by atoms with E-state index in [1.807, 2.05) is 42.2 Å². The second kappa shape index (κ2) is 5.87. The number of amides is 1. The number of rotatable bonds is 4. The molecule has 0 aliphatic heterocycles. The van der Waals surface area contributed by atoms with Crippen LogP contribution in [0.1, 0.15) is 22.2 Å². The van der Waals surface area contributed by atoms with Gasteiger partial charge in [-0.3, -0.25) is 4.79 Å². The van der Waals surface area contributed by atoms with Crippen molar-refractivity contribution in [1.29, 1.82) is 0 Å². The van der Waals surface area contributed by atoms with Crippen LogP contribution in [0.3, 0.4) is 0 Å². The van der Waals surface area contributed by atoms with Crippen molar-refractivity contribution in [3.05, 3.63) is 52.2 Å². The number of hydrogen-bond acceptors (Lipinski definition) is 4. The van der Waals surface area contributed by atoms with Crippen LogP contribution in [0.4, 0.5) is 5.69 Å². The van der Waals surface area contributed by atoms with Gasteiger partial charge in [-0.25, -0.2) is 0 Å². The molecule has 2 aromatic heterocycles. The summed E-state index contributed by atoms with van der Waals surface area (Å²) >= 11 is 3.23. The lowest BCUT2D eigenvalue weighted by atomic mass is 10.1. The molecule has 3 rings (SSSR count). The first kappa shape index (κ1) is 14.1. The van der Waals surface area contributed by atoms with E-state index in [0.717, 1.165) is 16.1 Å². The molecule has 0 unspecified atom stereocenters. The first-order chi connectivity index (χ1) is 10.2. The van der Waals surface area contributed by atoms with E-state index < -0.39 is 0 Å². The molecule has 0 aliphatic carbocycles. The molecule has 0 bridgehead atoms. The zero-order valence-electron chi connectivity index (χ0n) is 11.7. The fourth-order valence-electron chi connectivity index (χ4n) is 2.24. The molecule has 21 heavy (non-hydrogen) atoms. The van der Waals surface area contributed by atoms with Crippen LogP contribution in [0.15, 0.2) is 41.8 Å². The van der Waals surface area contributed by atoms with E-state index in [4.69, 9.17) is 5.73 Å². The second-order valence-electron chi connectivity index (χ2n) is 4.78. The van der Waals surface area contributed by atoms with Gasteiger partial charge >= 0.3 is 0 Å². The van der Waals surface area contributed by atoms with Gasteiger partial charge in [0.05, 0.1) is 4.88 Å². The number of fused-ring (bicyclic) bond motifs is 1. The zero-order valence-corrected chi connectivity index (χ0v) is 13.3. The maximum atomic E-state index is 12.7. The van der Waals surface area contributed by atoms with Crippen LogP contribution in [-0.2, 0) is 6.54 Å². The number of nitrogens with two attached hydrogens (primary N) is 1. The lowest BCUT2D eigenvalue weighted by molar-refractivity contribution is 0.0758. The Hall–Kier alpha value is -1.85. The van der Waals surface area contributed by atoms with Crippen molar-refractivity contribution in [2.75, 3.05) is 12.3 Å². The summed E-state index contributed by atoms with van der Waals surface area (Å²) in [5.74, 6) is 0.0779. The number of carbonyl (C=O) groups is 1. The molecular weight excluding hydrogens is 300 g/mol. The lowest BCUT2D eigenvalue weighted by Gasteiger charge is -2.21. The molecule has 2 heterocycles. The average molecular weight is 316 g/mol. The number of benzene rings is 1. The third kappa shape index (κ3) is 2.80. The average Bonchev–Trinajstić information content (AvgIpc) is 3.07. The molecule has 2 N–H and O–H groups in total. The van der Waals surface area contributed by atoms with E-state index >= 15 is 0 Å². The zero-order chi connectivity index (χ0) is 14.8. The highest BCUT2D eigenvalue weighted by molar-refractivity contribution is 7.27. The van der Waals surface area contributed by atoms with Crippen LogP contribution < -0.4 is 5.73 Å². The third-order valence-electron chi connectivity index (χ3n) is 3.44. The van der Waals surface area contributed by atoms with Gasteiger partial charge in [0.1, 0.15) is 0 Å². The van der Waals surface area contributed by atoms with Gasteiger partial charge < -0.3 is 10.6 Å². The predicted molar refractivity (Wildman–Crippen MR) is 91.0 cm³/mol. The molecule has 5 heteroatoms. The van der Waals surface area contributed by atoms with Crippen LogP contribution >= 0.6 is 22.7 Å². The number of anilines is 1.